The number of aromatic nitrogens is 2. The summed E-state index contributed by atoms with van der Waals surface area (Å²) >= 11 is 2.89. The van der Waals surface area contributed by atoms with Crippen LogP contribution in [0.3, 0.4) is 0 Å². The topological polar surface area (TPSA) is 91.7 Å². The van der Waals surface area contributed by atoms with E-state index in [-0.39, 0.29) is 28.9 Å². The molecular formula is C22H20BrClF4N4O3. The fourth-order valence-electron chi connectivity index (χ4n) is 2.88. The highest BCUT2D eigenvalue weighted by molar-refractivity contribution is 9.09. The van der Waals surface area contributed by atoms with Gasteiger partial charge in [-0.15, -0.1) is 12.4 Å². The summed E-state index contributed by atoms with van der Waals surface area (Å²) in [5, 5.41) is 0.0373. The normalized spacial score (nSPS) is 13.0. The molecule has 0 unspecified atom stereocenters. The zero-order valence-electron chi connectivity index (χ0n) is 18.0. The Morgan fingerprint density at radius 3 is 2.23 bits per heavy atom. The van der Waals surface area contributed by atoms with E-state index in [0.29, 0.717) is 43.6 Å². The van der Waals surface area contributed by atoms with Crippen LogP contribution in [0.4, 0.5) is 17.6 Å². The highest BCUT2D eigenvalue weighted by Gasteiger charge is 2.18. The molecule has 0 amide bonds. The number of hydrogen-bond acceptors (Lipinski definition) is 6. The average molecular weight is 580 g/mol. The maximum Gasteiger partial charge on any atom is 0.297 e. The molecule has 1 aromatic heterocycles. The van der Waals surface area contributed by atoms with Crippen LogP contribution in [0, 0.1) is 23.3 Å². The smallest absolute Gasteiger partial charge is 0.297 e. The number of nitrogens with zero attached hydrogens (tertiary/aromatic N) is 3. The number of carbonyl (C=O) groups is 1. The third-order valence-electron chi connectivity index (χ3n) is 4.47. The molecule has 2 aromatic carbocycles. The largest absolute Gasteiger partial charge is 0.463 e. The number of rotatable bonds is 3. The van der Waals surface area contributed by atoms with Gasteiger partial charge in [0.05, 0.1) is 29.7 Å². The van der Waals surface area contributed by atoms with Crippen molar-refractivity contribution in [3.8, 4) is 17.3 Å². The molecule has 2 aliphatic heterocycles. The average Bonchev–Trinajstić information content (AvgIpc) is 3.52. The lowest BCUT2D eigenvalue weighted by Crippen LogP contribution is -2.10. The number of fused-ring (bicyclic) bond motifs is 1. The first-order valence-electron chi connectivity index (χ1n) is 9.90. The number of halogens is 6. The molecule has 188 valence electrons. The van der Waals surface area contributed by atoms with Crippen LogP contribution in [0.5, 0.6) is 6.01 Å². The van der Waals surface area contributed by atoms with Crippen molar-refractivity contribution in [1.82, 2.24) is 9.55 Å². The number of carbonyl (C=O) groups excluding carboxylic acids is 1. The van der Waals surface area contributed by atoms with Crippen LogP contribution in [0.25, 0.3) is 11.3 Å². The van der Waals surface area contributed by atoms with Crippen molar-refractivity contribution in [2.75, 3.05) is 25.1 Å². The van der Waals surface area contributed by atoms with Crippen LogP contribution >= 0.6 is 28.3 Å². The number of Topliss-reactive ketones (excluding diaryl/α,β-unsaturated/α-hetero) is 1. The second-order valence-corrected chi connectivity index (χ2v) is 7.38. The van der Waals surface area contributed by atoms with Crippen molar-refractivity contribution < 1.29 is 31.8 Å². The number of benzene rings is 2. The van der Waals surface area contributed by atoms with Crippen LogP contribution in [-0.4, -0.2) is 46.4 Å². The van der Waals surface area contributed by atoms with Crippen LogP contribution in [0.15, 0.2) is 47.6 Å². The maximum atomic E-state index is 13.5. The summed E-state index contributed by atoms with van der Waals surface area (Å²) in [6, 6.07) is 7.13. The Kier molecular flexibility index (Phi) is 10.5. The van der Waals surface area contributed by atoms with E-state index in [0.717, 1.165) is 24.7 Å². The summed E-state index contributed by atoms with van der Waals surface area (Å²) in [6.45, 7) is 2.69. The monoisotopic (exact) mass is 578 g/mol. The summed E-state index contributed by atoms with van der Waals surface area (Å²) in [6.07, 6.45) is 1.71. The first-order valence-corrected chi connectivity index (χ1v) is 11.0. The number of alkyl halides is 1. The van der Waals surface area contributed by atoms with Crippen LogP contribution in [0.1, 0.15) is 10.4 Å². The van der Waals surface area contributed by atoms with E-state index >= 15 is 0 Å². The Morgan fingerprint density at radius 1 is 1.03 bits per heavy atom. The van der Waals surface area contributed by atoms with Crippen molar-refractivity contribution in [2.45, 2.75) is 6.54 Å². The van der Waals surface area contributed by atoms with Gasteiger partial charge in [-0.05, 0) is 24.3 Å². The van der Waals surface area contributed by atoms with Gasteiger partial charge in [0, 0.05) is 23.9 Å². The predicted molar refractivity (Wildman–Crippen MR) is 127 cm³/mol. The van der Waals surface area contributed by atoms with Gasteiger partial charge in [-0.3, -0.25) is 9.36 Å². The van der Waals surface area contributed by atoms with Gasteiger partial charge in [0.25, 0.3) is 12.0 Å². The molecule has 0 bridgehead atoms. The molecule has 3 heterocycles. The lowest BCUT2D eigenvalue weighted by atomic mass is 10.1. The minimum absolute atomic E-state index is 0. The van der Waals surface area contributed by atoms with Gasteiger partial charge in [-0.2, -0.15) is 4.98 Å². The molecule has 0 radical (unpaired) electrons. The van der Waals surface area contributed by atoms with E-state index in [1.54, 1.807) is 10.8 Å². The molecule has 7 nitrogen and oxygen atoms in total. The number of ether oxygens (including phenoxy) is 2. The fraction of sp³-hybridized carbons (Fsp3) is 0.227. The molecule has 0 aliphatic carbocycles. The Labute approximate surface area is 212 Å². The van der Waals surface area contributed by atoms with Gasteiger partial charge in [0.1, 0.15) is 36.5 Å². The van der Waals surface area contributed by atoms with Crippen molar-refractivity contribution >= 4 is 40.1 Å². The van der Waals surface area contributed by atoms with Gasteiger partial charge in [-0.1, -0.05) is 15.9 Å². The number of imidazole rings is 1. The standard InChI is InChI=1S/C11H8F2N2O.C8H5BrF2O.C3H6N2O.ClH/c12-7-1-2-8(9(13)5-7)10-6-15-3-4-16-11(15)14-10;9-4-8(12)6-2-1-5(10)3-7(6)11;4-3-5-1-2-6-3;/h1-2,5-6H,3-4H2;1-3H,4H2;1-2H2,(H2,4,5);1H. The Balaban J connectivity index is 0.000000201. The second kappa shape index (κ2) is 13.1. The fourth-order valence-corrected chi connectivity index (χ4v) is 3.18. The molecule has 13 heteroatoms. The van der Waals surface area contributed by atoms with Gasteiger partial charge < -0.3 is 15.2 Å². The second-order valence-electron chi connectivity index (χ2n) is 6.82. The van der Waals surface area contributed by atoms with Crippen molar-refractivity contribution in [1.29, 1.82) is 0 Å². The first kappa shape index (κ1) is 28.1. The molecule has 0 saturated carbocycles. The van der Waals surface area contributed by atoms with Gasteiger partial charge in [0.2, 0.25) is 0 Å². The van der Waals surface area contributed by atoms with Crippen LogP contribution in [-0.2, 0) is 11.3 Å². The maximum absolute atomic E-state index is 13.5. The number of amidine groups is 1. The van der Waals surface area contributed by atoms with E-state index < -0.39 is 29.1 Å². The molecule has 3 aromatic rings. The zero-order chi connectivity index (χ0) is 24.7. The summed E-state index contributed by atoms with van der Waals surface area (Å²) in [5.74, 6) is -3.11. The number of ketones is 1. The molecule has 35 heavy (non-hydrogen) atoms. The highest BCUT2D eigenvalue weighted by atomic mass is 79.9. The number of hydrogen-bond donors (Lipinski definition) is 1. The van der Waals surface area contributed by atoms with Crippen molar-refractivity contribution in [3.63, 3.8) is 0 Å². The summed E-state index contributed by atoms with van der Waals surface area (Å²) < 4.78 is 63.1. The molecule has 5 rings (SSSR count). The summed E-state index contributed by atoms with van der Waals surface area (Å²) in [7, 11) is 0. The minimum atomic E-state index is -0.820. The number of aliphatic imine (C=N–C) groups is 1. The van der Waals surface area contributed by atoms with Crippen molar-refractivity contribution in [3.05, 3.63) is 71.4 Å². The summed E-state index contributed by atoms with van der Waals surface area (Å²) in [4.78, 5) is 18.8. The molecule has 0 saturated heterocycles. The van der Waals surface area contributed by atoms with Crippen LogP contribution < -0.4 is 10.5 Å². The lowest BCUT2D eigenvalue weighted by Gasteiger charge is -1.99. The Bertz CT molecular complexity index is 1190. The van der Waals surface area contributed by atoms with Gasteiger partial charge >= 0.3 is 0 Å². The number of nitrogens with two attached hydrogens (primary N) is 1. The Morgan fingerprint density at radius 2 is 1.71 bits per heavy atom. The Hall–Kier alpha value is -3.12. The molecule has 2 N–H and O–H groups in total. The third-order valence-corrected chi connectivity index (χ3v) is 4.98. The predicted octanol–water partition coefficient (Wildman–Crippen LogP) is 4.52. The lowest BCUT2D eigenvalue weighted by molar-refractivity contribution is 0.102. The van der Waals surface area contributed by atoms with Gasteiger partial charge in [-0.25, -0.2) is 22.6 Å². The van der Waals surface area contributed by atoms with E-state index in [1.807, 2.05) is 0 Å². The highest BCUT2D eigenvalue weighted by Crippen LogP contribution is 2.27. The van der Waals surface area contributed by atoms with E-state index in [4.69, 9.17) is 10.5 Å². The van der Waals surface area contributed by atoms with Gasteiger partial charge in [0.15, 0.2) is 5.78 Å². The van der Waals surface area contributed by atoms with Crippen LogP contribution in [0.2, 0.25) is 0 Å². The SMILES string of the molecule is Cl.Fc1ccc(-c2cn3c(n2)OCC3)c(F)c1.NC1=NCCO1.O=C(CBr)c1ccc(F)cc1F. The minimum Gasteiger partial charge on any atom is -0.463 e. The molecule has 0 atom stereocenters. The first-order chi connectivity index (χ1) is 16.3. The molecule has 0 spiro atoms. The third kappa shape index (κ3) is 7.69. The molecular weight excluding hydrogens is 560 g/mol. The van der Waals surface area contributed by atoms with Crippen molar-refractivity contribution in [2.24, 2.45) is 10.7 Å². The summed E-state index contributed by atoms with van der Waals surface area (Å²) in [5.41, 5.74) is 5.72. The van der Waals surface area contributed by atoms with E-state index in [9.17, 15) is 22.4 Å². The zero-order valence-corrected chi connectivity index (χ0v) is 20.4. The quantitative estimate of drug-likeness (QED) is 0.280. The molecule has 2 aliphatic rings. The van der Waals surface area contributed by atoms with E-state index in [2.05, 4.69) is 30.6 Å². The van der Waals surface area contributed by atoms with E-state index in [1.165, 1.54) is 12.1 Å². The molecule has 0 fully saturated rings.